The Hall–Kier alpha value is -2.67. The van der Waals surface area contributed by atoms with Gasteiger partial charge in [-0.2, -0.15) is 0 Å². The van der Waals surface area contributed by atoms with Gasteiger partial charge in [0, 0.05) is 24.7 Å². The lowest BCUT2D eigenvalue weighted by Crippen LogP contribution is -2.41. The third kappa shape index (κ3) is 3.79. The molecular formula is C22H26N4O2S. The van der Waals surface area contributed by atoms with Crippen molar-refractivity contribution in [3.63, 3.8) is 0 Å². The van der Waals surface area contributed by atoms with Crippen LogP contribution in [0.25, 0.3) is 10.2 Å². The van der Waals surface area contributed by atoms with Crippen LogP contribution in [0.15, 0.2) is 30.6 Å². The van der Waals surface area contributed by atoms with Gasteiger partial charge in [0.15, 0.2) is 0 Å². The molecule has 1 fully saturated rings. The number of hydrogen-bond donors (Lipinski definition) is 1. The molecule has 1 amide bonds. The summed E-state index contributed by atoms with van der Waals surface area (Å²) < 4.78 is 5.44. The third-order valence-corrected chi connectivity index (χ3v) is 6.81. The summed E-state index contributed by atoms with van der Waals surface area (Å²) in [7, 11) is 1.67. The lowest BCUT2D eigenvalue weighted by Gasteiger charge is -2.33. The van der Waals surface area contributed by atoms with Gasteiger partial charge in [0.05, 0.1) is 17.4 Å². The van der Waals surface area contributed by atoms with E-state index >= 15 is 0 Å². The summed E-state index contributed by atoms with van der Waals surface area (Å²) in [6, 6.07) is 8.20. The number of aromatic nitrogens is 2. The minimum atomic E-state index is 0.119. The van der Waals surface area contributed by atoms with Crippen LogP contribution in [-0.2, 0) is 6.54 Å². The SMILES string of the molecule is COc1ccccc1CNc1ncnc2sc(C(=O)N3CCCC[C@@H]3C)c(C)c12. The average molecular weight is 411 g/mol. The van der Waals surface area contributed by atoms with Gasteiger partial charge in [0.25, 0.3) is 5.91 Å². The molecule has 1 atom stereocenters. The lowest BCUT2D eigenvalue weighted by atomic mass is 10.0. The molecule has 1 aliphatic heterocycles. The van der Waals surface area contributed by atoms with Gasteiger partial charge in [-0.05, 0) is 44.7 Å². The maximum absolute atomic E-state index is 13.2. The number of piperidine rings is 1. The summed E-state index contributed by atoms with van der Waals surface area (Å²) in [4.78, 5) is 25.7. The molecule has 0 aliphatic carbocycles. The van der Waals surface area contributed by atoms with Gasteiger partial charge >= 0.3 is 0 Å². The first kappa shape index (κ1) is 19.6. The number of para-hydroxylation sites is 1. The molecule has 1 aromatic carbocycles. The van der Waals surface area contributed by atoms with Gasteiger partial charge in [-0.25, -0.2) is 9.97 Å². The number of carbonyl (C=O) groups excluding carboxylic acids is 1. The van der Waals surface area contributed by atoms with E-state index in [0.29, 0.717) is 6.54 Å². The first-order chi connectivity index (χ1) is 14.1. The van der Waals surface area contributed by atoms with E-state index in [4.69, 9.17) is 4.74 Å². The first-order valence-corrected chi connectivity index (χ1v) is 10.8. The number of nitrogens with zero attached hydrogens (tertiary/aromatic N) is 3. The van der Waals surface area contributed by atoms with Gasteiger partial charge < -0.3 is 15.0 Å². The zero-order valence-corrected chi connectivity index (χ0v) is 17.9. The molecule has 1 aliphatic rings. The number of anilines is 1. The molecule has 2 aromatic heterocycles. The topological polar surface area (TPSA) is 67.3 Å². The third-order valence-electron chi connectivity index (χ3n) is 5.62. The number of carbonyl (C=O) groups is 1. The number of aryl methyl sites for hydroxylation is 1. The molecule has 0 bridgehead atoms. The number of benzene rings is 1. The predicted molar refractivity (Wildman–Crippen MR) is 117 cm³/mol. The van der Waals surface area contributed by atoms with Crippen molar-refractivity contribution in [3.05, 3.63) is 46.6 Å². The number of amides is 1. The summed E-state index contributed by atoms with van der Waals surface area (Å²) in [6.07, 6.45) is 4.90. The number of fused-ring (bicyclic) bond motifs is 1. The quantitative estimate of drug-likeness (QED) is 0.664. The molecule has 152 valence electrons. The maximum atomic E-state index is 13.2. The van der Waals surface area contributed by atoms with Crippen molar-refractivity contribution < 1.29 is 9.53 Å². The maximum Gasteiger partial charge on any atom is 0.264 e. The second-order valence-corrected chi connectivity index (χ2v) is 8.47. The second-order valence-electron chi connectivity index (χ2n) is 7.47. The van der Waals surface area contributed by atoms with Crippen LogP contribution in [0.4, 0.5) is 5.82 Å². The molecular weight excluding hydrogens is 384 g/mol. The molecule has 0 radical (unpaired) electrons. The van der Waals surface area contributed by atoms with E-state index in [9.17, 15) is 4.79 Å². The van der Waals surface area contributed by atoms with E-state index in [0.717, 1.165) is 57.2 Å². The van der Waals surface area contributed by atoms with Gasteiger partial charge in [-0.3, -0.25) is 4.79 Å². The summed E-state index contributed by atoms with van der Waals surface area (Å²) in [5.41, 5.74) is 2.00. The van der Waals surface area contributed by atoms with Crippen LogP contribution in [0, 0.1) is 6.92 Å². The van der Waals surface area contributed by atoms with E-state index in [2.05, 4.69) is 22.2 Å². The molecule has 0 unspecified atom stereocenters. The Balaban J connectivity index is 1.64. The van der Waals surface area contributed by atoms with Crippen LogP contribution in [0.3, 0.4) is 0 Å². The number of likely N-dealkylation sites (tertiary alicyclic amines) is 1. The Kier molecular flexibility index (Phi) is 5.67. The highest BCUT2D eigenvalue weighted by Crippen LogP contribution is 2.35. The van der Waals surface area contributed by atoms with Crippen LogP contribution >= 0.6 is 11.3 Å². The average Bonchev–Trinajstić information content (AvgIpc) is 3.09. The van der Waals surface area contributed by atoms with Gasteiger partial charge in [-0.15, -0.1) is 11.3 Å². The highest BCUT2D eigenvalue weighted by atomic mass is 32.1. The van der Waals surface area contributed by atoms with Crippen LogP contribution in [0.2, 0.25) is 0 Å². The Morgan fingerprint density at radius 2 is 2.14 bits per heavy atom. The number of hydrogen-bond acceptors (Lipinski definition) is 6. The molecule has 0 spiro atoms. The van der Waals surface area contributed by atoms with Crippen molar-refractivity contribution in [1.29, 1.82) is 0 Å². The Morgan fingerprint density at radius 1 is 1.31 bits per heavy atom. The monoisotopic (exact) mass is 410 g/mol. The number of methoxy groups -OCH3 is 1. The van der Waals surface area contributed by atoms with E-state index < -0.39 is 0 Å². The van der Waals surface area contributed by atoms with Crippen molar-refractivity contribution in [1.82, 2.24) is 14.9 Å². The Morgan fingerprint density at radius 3 is 2.93 bits per heavy atom. The van der Waals surface area contributed by atoms with E-state index in [1.807, 2.05) is 36.1 Å². The minimum absolute atomic E-state index is 0.119. The fraction of sp³-hybridized carbons (Fsp3) is 0.409. The fourth-order valence-electron chi connectivity index (χ4n) is 3.97. The van der Waals surface area contributed by atoms with Crippen LogP contribution in [0.5, 0.6) is 5.75 Å². The highest BCUT2D eigenvalue weighted by molar-refractivity contribution is 7.20. The Bertz CT molecular complexity index is 1030. The number of rotatable bonds is 5. The molecule has 7 heteroatoms. The zero-order valence-electron chi connectivity index (χ0n) is 17.1. The van der Waals surface area contributed by atoms with Gasteiger partial charge in [0.2, 0.25) is 0 Å². The molecule has 3 aromatic rings. The summed E-state index contributed by atoms with van der Waals surface area (Å²) in [5, 5.41) is 4.34. The highest BCUT2D eigenvalue weighted by Gasteiger charge is 2.28. The molecule has 3 heterocycles. The van der Waals surface area contributed by atoms with Gasteiger partial charge in [-0.1, -0.05) is 18.2 Å². The van der Waals surface area contributed by atoms with Crippen molar-refractivity contribution >= 4 is 33.3 Å². The molecule has 6 nitrogen and oxygen atoms in total. The predicted octanol–water partition coefficient (Wildman–Crippen LogP) is 4.64. The number of nitrogens with one attached hydrogen (secondary N) is 1. The van der Waals surface area contributed by atoms with Crippen molar-refractivity contribution in [2.24, 2.45) is 0 Å². The van der Waals surface area contributed by atoms with Crippen LogP contribution < -0.4 is 10.1 Å². The Labute approximate surface area is 174 Å². The molecule has 29 heavy (non-hydrogen) atoms. The zero-order chi connectivity index (χ0) is 20.4. The summed E-state index contributed by atoms with van der Waals surface area (Å²) >= 11 is 1.46. The molecule has 1 saturated heterocycles. The van der Waals surface area contributed by atoms with Crippen molar-refractivity contribution in [2.75, 3.05) is 19.0 Å². The molecule has 1 N–H and O–H groups in total. The summed E-state index contributed by atoms with van der Waals surface area (Å²) in [6.45, 7) is 5.55. The molecule has 4 rings (SSSR count). The fourth-order valence-corrected chi connectivity index (χ4v) is 5.07. The smallest absolute Gasteiger partial charge is 0.264 e. The van der Waals surface area contributed by atoms with Crippen LogP contribution in [-0.4, -0.2) is 40.5 Å². The molecule has 0 saturated carbocycles. The number of ether oxygens (including phenoxy) is 1. The van der Waals surface area contributed by atoms with Gasteiger partial charge in [0.1, 0.15) is 22.7 Å². The normalized spacial score (nSPS) is 16.8. The second kappa shape index (κ2) is 8.37. The lowest BCUT2D eigenvalue weighted by molar-refractivity contribution is 0.0640. The van der Waals surface area contributed by atoms with Crippen molar-refractivity contribution in [2.45, 2.75) is 45.7 Å². The minimum Gasteiger partial charge on any atom is -0.496 e. The number of thiophene rings is 1. The van der Waals surface area contributed by atoms with E-state index in [-0.39, 0.29) is 11.9 Å². The van der Waals surface area contributed by atoms with Crippen molar-refractivity contribution in [3.8, 4) is 5.75 Å². The summed E-state index contributed by atoms with van der Waals surface area (Å²) in [5.74, 6) is 1.70. The largest absolute Gasteiger partial charge is 0.496 e. The van der Waals surface area contributed by atoms with E-state index in [1.165, 1.54) is 17.8 Å². The standard InChI is InChI=1S/C22H26N4O2S/c1-14-8-6-7-11-26(14)22(27)19-15(2)18-20(24-13-25-21(18)29-19)23-12-16-9-4-5-10-17(16)28-3/h4-5,9-10,13-14H,6-8,11-12H2,1-3H3,(H,23,24,25)/t14-/m0/s1. The first-order valence-electron chi connectivity index (χ1n) is 10.0. The van der Waals surface area contributed by atoms with Crippen LogP contribution in [0.1, 0.15) is 47.0 Å². The van der Waals surface area contributed by atoms with E-state index in [1.54, 1.807) is 13.4 Å².